The van der Waals surface area contributed by atoms with Gasteiger partial charge < -0.3 is 15.0 Å². The highest BCUT2D eigenvalue weighted by atomic mass is 79.9. The Morgan fingerprint density at radius 1 is 1.25 bits per heavy atom. The Morgan fingerprint density at radius 3 is 2.75 bits per heavy atom. The molecule has 4 nitrogen and oxygen atoms in total. The minimum atomic E-state index is 0.646. The normalized spacial score (nSPS) is 16.1. The molecule has 0 bridgehead atoms. The van der Waals surface area contributed by atoms with E-state index in [1.54, 1.807) is 7.11 Å². The average molecular weight is 390 g/mol. The van der Waals surface area contributed by atoms with Crippen LogP contribution in [0.4, 0.5) is 5.82 Å². The fraction of sp³-hybridized carbons (Fsp3) is 0.421. The van der Waals surface area contributed by atoms with Crippen molar-refractivity contribution in [3.8, 4) is 5.75 Å². The second-order valence-corrected chi connectivity index (χ2v) is 7.01. The van der Waals surface area contributed by atoms with Crippen LogP contribution in [0.5, 0.6) is 5.75 Å². The molecule has 3 rings (SSSR count). The molecule has 0 aliphatic carbocycles. The number of anilines is 1. The molecule has 0 atom stereocenters. The molecule has 0 unspecified atom stereocenters. The summed E-state index contributed by atoms with van der Waals surface area (Å²) < 4.78 is 6.36. The number of hydrogen-bond acceptors (Lipinski definition) is 4. The van der Waals surface area contributed by atoms with E-state index in [-0.39, 0.29) is 0 Å². The molecule has 0 amide bonds. The molecule has 1 aromatic heterocycles. The van der Waals surface area contributed by atoms with E-state index in [9.17, 15) is 0 Å². The molecule has 1 N–H and O–H groups in total. The average Bonchev–Trinajstić information content (AvgIpc) is 2.63. The first kappa shape index (κ1) is 17.2. The standard InChI is InChI=1S/C19H24BrN3O/c1-24-18-6-5-16(14-17(18)20)15-7-11-23(12-8-15)13-10-22-19-4-2-3-9-21-19/h2-6,9,14-15H,7-8,10-13H2,1H3,(H,21,22). The number of hydrogen-bond donors (Lipinski definition) is 1. The van der Waals surface area contributed by atoms with Crippen molar-refractivity contribution < 1.29 is 4.74 Å². The summed E-state index contributed by atoms with van der Waals surface area (Å²) in [6, 6.07) is 12.4. The zero-order chi connectivity index (χ0) is 16.8. The molecule has 5 heteroatoms. The summed E-state index contributed by atoms with van der Waals surface area (Å²) in [5.74, 6) is 2.50. The van der Waals surface area contributed by atoms with Crippen molar-refractivity contribution >= 4 is 21.7 Å². The summed E-state index contributed by atoms with van der Waals surface area (Å²) in [6.45, 7) is 4.31. The van der Waals surface area contributed by atoms with Crippen molar-refractivity contribution in [3.05, 3.63) is 52.6 Å². The van der Waals surface area contributed by atoms with Crippen LogP contribution in [0.3, 0.4) is 0 Å². The summed E-state index contributed by atoms with van der Waals surface area (Å²) in [5.41, 5.74) is 1.41. The Labute approximate surface area is 152 Å². The van der Waals surface area contributed by atoms with Crippen molar-refractivity contribution in [2.24, 2.45) is 0 Å². The lowest BCUT2D eigenvalue weighted by Gasteiger charge is -2.32. The number of nitrogens with zero attached hydrogens (tertiary/aromatic N) is 2. The van der Waals surface area contributed by atoms with Gasteiger partial charge in [0.25, 0.3) is 0 Å². The topological polar surface area (TPSA) is 37.4 Å². The molecule has 1 aromatic carbocycles. The van der Waals surface area contributed by atoms with Crippen LogP contribution in [-0.2, 0) is 0 Å². The second-order valence-electron chi connectivity index (χ2n) is 6.15. The number of pyridine rings is 1. The summed E-state index contributed by atoms with van der Waals surface area (Å²) >= 11 is 3.59. The summed E-state index contributed by atoms with van der Waals surface area (Å²) in [6.07, 6.45) is 4.24. The van der Waals surface area contributed by atoms with E-state index in [1.165, 1.54) is 18.4 Å². The minimum Gasteiger partial charge on any atom is -0.496 e. The van der Waals surface area contributed by atoms with Gasteiger partial charge in [-0.2, -0.15) is 0 Å². The number of methoxy groups -OCH3 is 1. The quantitative estimate of drug-likeness (QED) is 0.805. The number of aromatic nitrogens is 1. The third-order valence-electron chi connectivity index (χ3n) is 4.63. The fourth-order valence-corrected chi connectivity index (χ4v) is 3.79. The van der Waals surface area contributed by atoms with E-state index in [0.29, 0.717) is 5.92 Å². The first-order valence-corrected chi connectivity index (χ1v) is 9.26. The summed E-state index contributed by atoms with van der Waals surface area (Å²) in [7, 11) is 1.71. The highest BCUT2D eigenvalue weighted by Gasteiger charge is 2.20. The molecule has 0 radical (unpaired) electrons. The highest BCUT2D eigenvalue weighted by molar-refractivity contribution is 9.10. The molecule has 24 heavy (non-hydrogen) atoms. The molecule has 1 saturated heterocycles. The van der Waals surface area contributed by atoms with Gasteiger partial charge in [-0.3, -0.25) is 0 Å². The lowest BCUT2D eigenvalue weighted by molar-refractivity contribution is 0.219. The minimum absolute atomic E-state index is 0.646. The van der Waals surface area contributed by atoms with Gasteiger partial charge in [-0.15, -0.1) is 0 Å². The Bertz CT molecular complexity index is 642. The summed E-state index contributed by atoms with van der Waals surface area (Å²) in [5, 5.41) is 3.38. The van der Waals surface area contributed by atoms with E-state index in [4.69, 9.17) is 4.74 Å². The number of rotatable bonds is 6. The Kier molecular flexibility index (Phi) is 6.10. The third kappa shape index (κ3) is 4.48. The van der Waals surface area contributed by atoms with Crippen LogP contribution < -0.4 is 10.1 Å². The number of piperidine rings is 1. The molecular weight excluding hydrogens is 366 g/mol. The van der Waals surface area contributed by atoms with Crippen LogP contribution in [-0.4, -0.2) is 43.2 Å². The monoisotopic (exact) mass is 389 g/mol. The van der Waals surface area contributed by atoms with Gasteiger partial charge >= 0.3 is 0 Å². The molecule has 2 heterocycles. The number of benzene rings is 1. The summed E-state index contributed by atoms with van der Waals surface area (Å²) in [4.78, 5) is 6.82. The van der Waals surface area contributed by atoms with Gasteiger partial charge in [0, 0.05) is 19.3 Å². The molecular formula is C19H24BrN3O. The van der Waals surface area contributed by atoms with Crippen molar-refractivity contribution in [2.75, 3.05) is 38.6 Å². The maximum Gasteiger partial charge on any atom is 0.133 e. The largest absolute Gasteiger partial charge is 0.496 e. The van der Waals surface area contributed by atoms with Crippen LogP contribution >= 0.6 is 15.9 Å². The van der Waals surface area contributed by atoms with Crippen LogP contribution in [0.25, 0.3) is 0 Å². The van der Waals surface area contributed by atoms with Crippen LogP contribution in [0.15, 0.2) is 47.1 Å². The van der Waals surface area contributed by atoms with Gasteiger partial charge in [-0.1, -0.05) is 12.1 Å². The molecule has 0 spiro atoms. The fourth-order valence-electron chi connectivity index (χ4n) is 3.24. The Morgan fingerprint density at radius 2 is 2.08 bits per heavy atom. The predicted octanol–water partition coefficient (Wildman–Crippen LogP) is 4.14. The SMILES string of the molecule is COc1ccc(C2CCN(CCNc3ccccn3)CC2)cc1Br. The van der Waals surface area contributed by atoms with Crippen molar-refractivity contribution in [2.45, 2.75) is 18.8 Å². The first-order valence-electron chi connectivity index (χ1n) is 8.47. The predicted molar refractivity (Wildman–Crippen MR) is 102 cm³/mol. The van der Waals surface area contributed by atoms with E-state index in [1.807, 2.05) is 24.4 Å². The Balaban J connectivity index is 1.45. The molecule has 1 aliphatic rings. The lowest BCUT2D eigenvalue weighted by atomic mass is 9.89. The van der Waals surface area contributed by atoms with Gasteiger partial charge in [-0.25, -0.2) is 4.98 Å². The zero-order valence-electron chi connectivity index (χ0n) is 14.0. The number of ether oxygens (including phenoxy) is 1. The van der Waals surface area contributed by atoms with E-state index in [0.717, 1.165) is 42.2 Å². The van der Waals surface area contributed by atoms with E-state index >= 15 is 0 Å². The number of likely N-dealkylation sites (tertiary alicyclic amines) is 1. The van der Waals surface area contributed by atoms with Gasteiger partial charge in [0.1, 0.15) is 11.6 Å². The first-order chi connectivity index (χ1) is 11.8. The molecule has 0 saturated carbocycles. The molecule has 1 fully saturated rings. The number of halogens is 1. The van der Waals surface area contributed by atoms with Gasteiger partial charge in [-0.05, 0) is 77.6 Å². The molecule has 1 aliphatic heterocycles. The van der Waals surface area contributed by atoms with Gasteiger partial charge in [0.05, 0.1) is 11.6 Å². The van der Waals surface area contributed by atoms with Gasteiger partial charge in [0.2, 0.25) is 0 Å². The van der Waals surface area contributed by atoms with Crippen LogP contribution in [0.1, 0.15) is 24.3 Å². The number of nitrogens with one attached hydrogen (secondary N) is 1. The maximum atomic E-state index is 5.32. The maximum absolute atomic E-state index is 5.32. The molecule has 128 valence electrons. The van der Waals surface area contributed by atoms with Crippen molar-refractivity contribution in [3.63, 3.8) is 0 Å². The molecule has 2 aromatic rings. The van der Waals surface area contributed by atoms with Crippen LogP contribution in [0.2, 0.25) is 0 Å². The van der Waals surface area contributed by atoms with Crippen molar-refractivity contribution in [1.82, 2.24) is 9.88 Å². The van der Waals surface area contributed by atoms with E-state index < -0.39 is 0 Å². The van der Waals surface area contributed by atoms with Gasteiger partial charge in [0.15, 0.2) is 0 Å². The van der Waals surface area contributed by atoms with Crippen LogP contribution in [0, 0.1) is 0 Å². The zero-order valence-corrected chi connectivity index (χ0v) is 15.6. The third-order valence-corrected chi connectivity index (χ3v) is 5.25. The highest BCUT2D eigenvalue weighted by Crippen LogP contribution is 2.33. The smallest absolute Gasteiger partial charge is 0.133 e. The Hall–Kier alpha value is -1.59. The van der Waals surface area contributed by atoms with E-state index in [2.05, 4.69) is 49.3 Å². The van der Waals surface area contributed by atoms with Crippen molar-refractivity contribution in [1.29, 1.82) is 0 Å². The second kappa shape index (κ2) is 8.49. The lowest BCUT2D eigenvalue weighted by Crippen LogP contribution is -2.36.